The molecule has 0 radical (unpaired) electrons. The lowest BCUT2D eigenvalue weighted by Crippen LogP contribution is -2.60. The topological polar surface area (TPSA) is 74.9 Å². The number of benzene rings is 1. The third-order valence-electron chi connectivity index (χ3n) is 5.86. The molecule has 1 atom stereocenters. The van der Waals surface area contributed by atoms with Crippen molar-refractivity contribution in [3.8, 4) is 5.75 Å². The summed E-state index contributed by atoms with van der Waals surface area (Å²) in [4.78, 5) is 6.63. The highest BCUT2D eigenvalue weighted by atomic mass is 16.5. The van der Waals surface area contributed by atoms with Gasteiger partial charge < -0.3 is 20.3 Å². The van der Waals surface area contributed by atoms with Crippen LogP contribution in [0.1, 0.15) is 45.1 Å². The summed E-state index contributed by atoms with van der Waals surface area (Å²) in [5.74, 6) is 2.36. The van der Waals surface area contributed by atoms with Crippen molar-refractivity contribution in [2.45, 2.75) is 58.0 Å². The standard InChI is InChI=1S/C23H37N5O/c1-17(2)29-21-11-7-19(8-12-21)16-25-15-18-5-9-20(10-6-18)23(24)26-14-13-22(27-23)28(3)4/h7-8,11-14,17-18,20,25,27H,5-6,9-10,15-16,24H2,1-4H3. The minimum atomic E-state index is -0.674. The molecule has 1 unspecified atom stereocenters. The molecule has 1 heterocycles. The summed E-state index contributed by atoms with van der Waals surface area (Å²) in [6.07, 6.45) is 8.62. The molecular weight excluding hydrogens is 362 g/mol. The number of nitrogens with two attached hydrogens (primary N) is 1. The van der Waals surface area contributed by atoms with Crippen LogP contribution in [0.3, 0.4) is 0 Å². The molecule has 2 aliphatic rings. The second kappa shape index (κ2) is 9.63. The number of hydrogen-bond donors (Lipinski definition) is 3. The Morgan fingerprint density at radius 3 is 2.52 bits per heavy atom. The van der Waals surface area contributed by atoms with Crippen LogP contribution >= 0.6 is 0 Å². The van der Waals surface area contributed by atoms with Gasteiger partial charge in [-0.25, -0.2) is 0 Å². The molecule has 6 nitrogen and oxygen atoms in total. The Morgan fingerprint density at radius 2 is 1.90 bits per heavy atom. The SMILES string of the molecule is CC(C)Oc1ccc(CNCC2CCC(C3(N)N=CC=C(N(C)C)N3)CC2)cc1. The van der Waals surface area contributed by atoms with E-state index in [1.54, 1.807) is 0 Å². The minimum absolute atomic E-state index is 0.210. The summed E-state index contributed by atoms with van der Waals surface area (Å²) in [5.41, 5.74) is 7.91. The zero-order valence-electron chi connectivity index (χ0n) is 18.3. The smallest absolute Gasteiger partial charge is 0.186 e. The van der Waals surface area contributed by atoms with Gasteiger partial charge in [0, 0.05) is 32.8 Å². The summed E-state index contributed by atoms with van der Waals surface area (Å²) in [7, 11) is 4.04. The summed E-state index contributed by atoms with van der Waals surface area (Å²) < 4.78 is 5.70. The van der Waals surface area contributed by atoms with Gasteiger partial charge in [-0.05, 0) is 75.8 Å². The molecule has 1 aliphatic heterocycles. The van der Waals surface area contributed by atoms with E-state index in [1.807, 2.05) is 45.1 Å². The van der Waals surface area contributed by atoms with E-state index in [2.05, 4.69) is 39.9 Å². The number of rotatable bonds is 8. The van der Waals surface area contributed by atoms with E-state index in [9.17, 15) is 0 Å². The number of nitrogens with zero attached hydrogens (tertiary/aromatic N) is 2. The van der Waals surface area contributed by atoms with E-state index >= 15 is 0 Å². The number of allylic oxidation sites excluding steroid dienone is 1. The predicted octanol–water partition coefficient (Wildman–Crippen LogP) is 3.06. The molecule has 3 rings (SSSR count). The van der Waals surface area contributed by atoms with E-state index in [0.717, 1.165) is 37.5 Å². The first kappa shape index (κ1) is 21.7. The van der Waals surface area contributed by atoms with Crippen LogP contribution in [0.15, 0.2) is 41.2 Å². The summed E-state index contributed by atoms with van der Waals surface area (Å²) in [6.45, 7) is 6.04. The molecule has 0 saturated heterocycles. The number of hydrogen-bond acceptors (Lipinski definition) is 6. The quantitative estimate of drug-likeness (QED) is 0.626. The van der Waals surface area contributed by atoms with Crippen LogP contribution < -0.4 is 21.1 Å². The number of aliphatic imine (C=N–C) groups is 1. The lowest BCUT2D eigenvalue weighted by molar-refractivity contribution is 0.146. The predicted molar refractivity (Wildman–Crippen MR) is 120 cm³/mol. The molecular formula is C23H37N5O. The zero-order chi connectivity index (χ0) is 20.9. The average molecular weight is 400 g/mol. The fourth-order valence-corrected chi connectivity index (χ4v) is 4.16. The van der Waals surface area contributed by atoms with E-state index < -0.39 is 5.79 Å². The first-order chi connectivity index (χ1) is 13.9. The maximum Gasteiger partial charge on any atom is 0.186 e. The Bertz CT molecular complexity index is 704. The van der Waals surface area contributed by atoms with E-state index in [-0.39, 0.29) is 6.10 Å². The van der Waals surface area contributed by atoms with Gasteiger partial charge in [0.1, 0.15) is 11.6 Å². The van der Waals surface area contributed by atoms with Crippen molar-refractivity contribution >= 4 is 6.21 Å². The monoisotopic (exact) mass is 399 g/mol. The van der Waals surface area contributed by atoms with Crippen molar-refractivity contribution in [2.75, 3.05) is 20.6 Å². The van der Waals surface area contributed by atoms with Gasteiger partial charge >= 0.3 is 0 Å². The van der Waals surface area contributed by atoms with Gasteiger partial charge in [0.25, 0.3) is 0 Å². The lowest BCUT2D eigenvalue weighted by atomic mass is 9.78. The van der Waals surface area contributed by atoms with Gasteiger partial charge in [-0.15, -0.1) is 0 Å². The molecule has 0 aromatic heterocycles. The van der Waals surface area contributed by atoms with Gasteiger partial charge in [0.05, 0.1) is 6.10 Å². The highest BCUT2D eigenvalue weighted by Crippen LogP contribution is 2.35. The van der Waals surface area contributed by atoms with E-state index in [1.165, 1.54) is 18.4 Å². The highest BCUT2D eigenvalue weighted by molar-refractivity contribution is 5.73. The molecule has 1 aliphatic carbocycles. The Kier molecular flexibility index (Phi) is 7.19. The molecule has 6 heteroatoms. The molecule has 1 fully saturated rings. The van der Waals surface area contributed by atoms with Gasteiger partial charge in [-0.3, -0.25) is 10.7 Å². The van der Waals surface area contributed by atoms with Crippen molar-refractivity contribution in [2.24, 2.45) is 22.6 Å². The zero-order valence-corrected chi connectivity index (χ0v) is 18.3. The molecule has 0 spiro atoms. The average Bonchev–Trinajstić information content (AvgIpc) is 2.69. The van der Waals surface area contributed by atoms with Crippen LogP contribution in [0.4, 0.5) is 0 Å². The Balaban J connectivity index is 1.40. The number of ether oxygens (including phenoxy) is 1. The molecule has 4 N–H and O–H groups in total. The van der Waals surface area contributed by atoms with Gasteiger partial charge in [-0.2, -0.15) is 0 Å². The molecule has 0 bridgehead atoms. The van der Waals surface area contributed by atoms with Crippen molar-refractivity contribution in [3.05, 3.63) is 41.7 Å². The summed E-state index contributed by atoms with van der Waals surface area (Å²) in [5, 5.41) is 7.06. The molecule has 1 aromatic carbocycles. The van der Waals surface area contributed by atoms with Crippen LogP contribution in [-0.2, 0) is 6.54 Å². The van der Waals surface area contributed by atoms with E-state index in [0.29, 0.717) is 11.8 Å². The fourth-order valence-electron chi connectivity index (χ4n) is 4.16. The molecule has 0 amide bonds. The first-order valence-corrected chi connectivity index (χ1v) is 10.8. The largest absolute Gasteiger partial charge is 0.491 e. The summed E-state index contributed by atoms with van der Waals surface area (Å²) in [6, 6.07) is 8.39. The Morgan fingerprint density at radius 1 is 1.21 bits per heavy atom. The third kappa shape index (κ3) is 5.97. The molecule has 1 saturated carbocycles. The van der Waals surface area contributed by atoms with E-state index in [4.69, 9.17) is 10.5 Å². The fraction of sp³-hybridized carbons (Fsp3) is 0.609. The van der Waals surface area contributed by atoms with Crippen molar-refractivity contribution < 1.29 is 4.74 Å². The number of nitrogens with one attached hydrogen (secondary N) is 2. The third-order valence-corrected chi connectivity index (χ3v) is 5.86. The Labute approximate surface area is 175 Å². The van der Waals surface area contributed by atoms with Gasteiger partial charge in [-0.1, -0.05) is 12.1 Å². The first-order valence-electron chi connectivity index (χ1n) is 10.8. The summed E-state index contributed by atoms with van der Waals surface area (Å²) >= 11 is 0. The lowest BCUT2D eigenvalue weighted by Gasteiger charge is -2.42. The Hall–Kier alpha value is -2.05. The van der Waals surface area contributed by atoms with Crippen molar-refractivity contribution in [1.82, 2.24) is 15.5 Å². The van der Waals surface area contributed by atoms with Crippen molar-refractivity contribution in [1.29, 1.82) is 0 Å². The van der Waals surface area contributed by atoms with Gasteiger partial charge in [0.15, 0.2) is 5.79 Å². The molecule has 29 heavy (non-hydrogen) atoms. The molecule has 160 valence electrons. The van der Waals surface area contributed by atoms with Crippen LogP contribution in [0, 0.1) is 11.8 Å². The molecule has 1 aromatic rings. The van der Waals surface area contributed by atoms with Crippen LogP contribution in [0.2, 0.25) is 0 Å². The maximum absolute atomic E-state index is 6.62. The second-order valence-electron chi connectivity index (χ2n) is 8.83. The van der Waals surface area contributed by atoms with Gasteiger partial charge in [0.2, 0.25) is 0 Å². The highest BCUT2D eigenvalue weighted by Gasteiger charge is 2.38. The normalized spacial score (nSPS) is 26.8. The van der Waals surface area contributed by atoms with Crippen molar-refractivity contribution in [3.63, 3.8) is 0 Å². The van der Waals surface area contributed by atoms with Crippen LogP contribution in [0.5, 0.6) is 5.75 Å². The van der Waals surface area contributed by atoms with Crippen LogP contribution in [0.25, 0.3) is 0 Å². The second-order valence-corrected chi connectivity index (χ2v) is 8.83. The van der Waals surface area contributed by atoms with Crippen LogP contribution in [-0.4, -0.2) is 43.6 Å². The minimum Gasteiger partial charge on any atom is -0.491 e. The maximum atomic E-state index is 6.62.